The number of hydrogen-bond acceptors (Lipinski definition) is 5. The number of aryl methyl sites for hydroxylation is 1. The topological polar surface area (TPSA) is 55.2 Å². The molecule has 4 nitrogen and oxygen atoms in total. The van der Waals surface area contributed by atoms with Gasteiger partial charge in [-0.05, 0) is 31.8 Å². The van der Waals surface area contributed by atoms with Gasteiger partial charge in [0.1, 0.15) is 0 Å². The summed E-state index contributed by atoms with van der Waals surface area (Å²) in [7, 11) is 0. The van der Waals surface area contributed by atoms with Gasteiger partial charge in [-0.15, -0.1) is 5.10 Å². The van der Waals surface area contributed by atoms with Gasteiger partial charge in [-0.25, -0.2) is 0 Å². The van der Waals surface area contributed by atoms with E-state index in [0.29, 0.717) is 6.61 Å². The lowest BCUT2D eigenvalue weighted by Gasteiger charge is -2.15. The van der Waals surface area contributed by atoms with Crippen molar-refractivity contribution in [2.75, 3.05) is 6.61 Å². The fourth-order valence-electron chi connectivity index (χ4n) is 1.76. The van der Waals surface area contributed by atoms with Gasteiger partial charge in [-0.3, -0.25) is 0 Å². The SMILES string of the molecule is Cc1nnsc1CC1C(O)COC1C. The van der Waals surface area contributed by atoms with Crippen LogP contribution < -0.4 is 0 Å². The summed E-state index contributed by atoms with van der Waals surface area (Å²) in [6.45, 7) is 4.41. The number of rotatable bonds is 2. The predicted octanol–water partition coefficient (Wildman–Crippen LogP) is 0.785. The van der Waals surface area contributed by atoms with Gasteiger partial charge in [0.25, 0.3) is 0 Å². The molecular formula is C9H14N2O2S. The average molecular weight is 214 g/mol. The van der Waals surface area contributed by atoms with E-state index < -0.39 is 0 Å². The van der Waals surface area contributed by atoms with Gasteiger partial charge < -0.3 is 9.84 Å². The molecule has 1 N–H and O–H groups in total. The first-order valence-corrected chi connectivity index (χ1v) is 5.53. The Morgan fingerprint density at radius 1 is 1.64 bits per heavy atom. The van der Waals surface area contributed by atoms with E-state index in [0.717, 1.165) is 17.0 Å². The van der Waals surface area contributed by atoms with Crippen LogP contribution in [0.4, 0.5) is 0 Å². The summed E-state index contributed by atoms with van der Waals surface area (Å²) in [5.41, 5.74) is 0.973. The van der Waals surface area contributed by atoms with Gasteiger partial charge in [-0.1, -0.05) is 4.49 Å². The summed E-state index contributed by atoms with van der Waals surface area (Å²) in [6, 6.07) is 0. The molecule has 0 aliphatic carbocycles. The molecule has 0 spiro atoms. The van der Waals surface area contributed by atoms with Gasteiger partial charge >= 0.3 is 0 Å². The summed E-state index contributed by atoms with van der Waals surface area (Å²) in [5, 5.41) is 13.6. The Balaban J connectivity index is 2.07. The predicted molar refractivity (Wildman–Crippen MR) is 53.3 cm³/mol. The second-order valence-electron chi connectivity index (χ2n) is 3.76. The Morgan fingerprint density at radius 3 is 2.93 bits per heavy atom. The number of aromatic nitrogens is 2. The zero-order valence-corrected chi connectivity index (χ0v) is 9.12. The molecule has 2 heterocycles. The van der Waals surface area contributed by atoms with E-state index in [2.05, 4.69) is 9.59 Å². The fourth-order valence-corrected chi connectivity index (χ4v) is 2.47. The summed E-state index contributed by atoms with van der Waals surface area (Å²) < 4.78 is 9.26. The summed E-state index contributed by atoms with van der Waals surface area (Å²) in [5.74, 6) is 0.191. The Kier molecular flexibility index (Phi) is 2.80. The molecule has 1 aromatic rings. The van der Waals surface area contributed by atoms with E-state index >= 15 is 0 Å². The first-order chi connectivity index (χ1) is 6.68. The van der Waals surface area contributed by atoms with Crippen molar-refractivity contribution in [1.29, 1.82) is 0 Å². The zero-order chi connectivity index (χ0) is 10.1. The quantitative estimate of drug-likeness (QED) is 0.790. The molecule has 3 atom stereocenters. The van der Waals surface area contributed by atoms with E-state index in [1.165, 1.54) is 11.5 Å². The third kappa shape index (κ3) is 1.80. The van der Waals surface area contributed by atoms with Crippen molar-refractivity contribution in [3.05, 3.63) is 10.6 Å². The van der Waals surface area contributed by atoms with E-state index in [9.17, 15) is 5.11 Å². The summed E-state index contributed by atoms with van der Waals surface area (Å²) in [6.07, 6.45) is 0.615. The minimum absolute atomic E-state index is 0.131. The van der Waals surface area contributed by atoms with Crippen molar-refractivity contribution in [3.63, 3.8) is 0 Å². The van der Waals surface area contributed by atoms with E-state index in [1.807, 2.05) is 13.8 Å². The molecule has 0 bridgehead atoms. The van der Waals surface area contributed by atoms with E-state index in [4.69, 9.17) is 4.74 Å². The van der Waals surface area contributed by atoms with Crippen molar-refractivity contribution in [2.45, 2.75) is 32.5 Å². The Morgan fingerprint density at radius 2 is 2.43 bits per heavy atom. The van der Waals surface area contributed by atoms with Crippen LogP contribution in [0.1, 0.15) is 17.5 Å². The minimum Gasteiger partial charge on any atom is -0.390 e. The molecule has 78 valence electrons. The average Bonchev–Trinajstić information content (AvgIpc) is 2.67. The van der Waals surface area contributed by atoms with Crippen molar-refractivity contribution in [3.8, 4) is 0 Å². The maximum atomic E-state index is 9.69. The minimum atomic E-state index is -0.341. The highest BCUT2D eigenvalue weighted by Crippen LogP contribution is 2.26. The van der Waals surface area contributed by atoms with E-state index in [1.54, 1.807) is 0 Å². The van der Waals surface area contributed by atoms with Crippen molar-refractivity contribution >= 4 is 11.5 Å². The zero-order valence-electron chi connectivity index (χ0n) is 8.30. The Hall–Kier alpha value is -0.520. The molecule has 14 heavy (non-hydrogen) atoms. The number of nitrogens with zero attached hydrogens (tertiary/aromatic N) is 2. The van der Waals surface area contributed by atoms with Crippen LogP contribution in [0.2, 0.25) is 0 Å². The van der Waals surface area contributed by atoms with Gasteiger partial charge in [0.05, 0.1) is 24.5 Å². The lowest BCUT2D eigenvalue weighted by Crippen LogP contribution is -2.24. The summed E-state index contributed by atoms with van der Waals surface area (Å²) >= 11 is 1.41. The van der Waals surface area contributed by atoms with Crippen LogP contribution in [0, 0.1) is 12.8 Å². The highest BCUT2D eigenvalue weighted by Gasteiger charge is 2.33. The van der Waals surface area contributed by atoms with Crippen LogP contribution in [-0.4, -0.2) is 33.5 Å². The maximum absolute atomic E-state index is 9.69. The van der Waals surface area contributed by atoms with Gasteiger partial charge in [0.15, 0.2) is 0 Å². The molecule has 0 saturated carbocycles. The fraction of sp³-hybridized carbons (Fsp3) is 0.778. The lowest BCUT2D eigenvalue weighted by molar-refractivity contribution is 0.0964. The second-order valence-corrected chi connectivity index (χ2v) is 4.59. The molecule has 0 aromatic carbocycles. The first kappa shape index (κ1) is 10.0. The van der Waals surface area contributed by atoms with Crippen LogP contribution >= 0.6 is 11.5 Å². The lowest BCUT2D eigenvalue weighted by atomic mass is 9.95. The monoisotopic (exact) mass is 214 g/mol. The molecule has 5 heteroatoms. The first-order valence-electron chi connectivity index (χ1n) is 4.76. The van der Waals surface area contributed by atoms with Gasteiger partial charge in [0.2, 0.25) is 0 Å². The molecule has 1 aromatic heterocycles. The number of aliphatic hydroxyl groups excluding tert-OH is 1. The highest BCUT2D eigenvalue weighted by molar-refractivity contribution is 7.05. The number of ether oxygens (including phenoxy) is 1. The molecular weight excluding hydrogens is 200 g/mol. The highest BCUT2D eigenvalue weighted by atomic mass is 32.1. The molecule has 0 amide bonds. The standard InChI is InChI=1S/C9H14N2O2S/c1-5-9(14-11-10-5)3-7-6(2)13-4-8(7)12/h6-8,12H,3-4H2,1-2H3. The van der Waals surface area contributed by atoms with Crippen molar-refractivity contribution in [2.24, 2.45) is 5.92 Å². The van der Waals surface area contributed by atoms with Crippen LogP contribution in [0.5, 0.6) is 0 Å². The maximum Gasteiger partial charge on any atom is 0.0830 e. The second kappa shape index (κ2) is 3.92. The molecule has 1 saturated heterocycles. The number of aliphatic hydroxyl groups is 1. The molecule has 3 unspecified atom stereocenters. The third-order valence-corrected chi connectivity index (χ3v) is 3.64. The molecule has 0 radical (unpaired) electrons. The largest absolute Gasteiger partial charge is 0.390 e. The van der Waals surface area contributed by atoms with Crippen LogP contribution in [-0.2, 0) is 11.2 Å². The molecule has 1 aliphatic rings. The number of hydrogen-bond donors (Lipinski definition) is 1. The van der Waals surface area contributed by atoms with Gasteiger partial charge in [0, 0.05) is 10.8 Å². The Labute approximate surface area is 87.1 Å². The van der Waals surface area contributed by atoms with Crippen molar-refractivity contribution in [1.82, 2.24) is 9.59 Å². The van der Waals surface area contributed by atoms with Crippen LogP contribution in [0.3, 0.4) is 0 Å². The smallest absolute Gasteiger partial charge is 0.0830 e. The molecule has 2 rings (SSSR count). The summed E-state index contributed by atoms with van der Waals surface area (Å²) in [4.78, 5) is 1.16. The van der Waals surface area contributed by atoms with E-state index in [-0.39, 0.29) is 18.1 Å². The van der Waals surface area contributed by atoms with Crippen molar-refractivity contribution < 1.29 is 9.84 Å². The Bertz CT molecular complexity index is 306. The van der Waals surface area contributed by atoms with Crippen LogP contribution in [0.15, 0.2) is 0 Å². The molecule has 1 aliphatic heterocycles. The van der Waals surface area contributed by atoms with Crippen LogP contribution in [0.25, 0.3) is 0 Å². The normalized spacial score (nSPS) is 32.4. The third-order valence-electron chi connectivity index (χ3n) is 2.79. The molecule has 1 fully saturated rings. The van der Waals surface area contributed by atoms with Gasteiger partial charge in [-0.2, -0.15) is 0 Å².